The predicted molar refractivity (Wildman–Crippen MR) is 69.3 cm³/mol. The molecule has 0 aliphatic heterocycles. The van der Waals surface area contributed by atoms with Crippen molar-refractivity contribution < 1.29 is 0 Å². The molecule has 1 unspecified atom stereocenters. The Morgan fingerprint density at radius 3 is 2.94 bits per heavy atom. The average Bonchev–Trinajstić information content (AvgIpc) is 3.05. The SMILES string of the molecule is Cc1nc(C2CC2)n2ccc(CC(C)N)cc12. The van der Waals surface area contributed by atoms with Crippen molar-refractivity contribution in [2.75, 3.05) is 0 Å². The summed E-state index contributed by atoms with van der Waals surface area (Å²) in [7, 11) is 0. The van der Waals surface area contributed by atoms with E-state index in [0.29, 0.717) is 5.92 Å². The molecule has 0 amide bonds. The quantitative estimate of drug-likeness (QED) is 0.878. The van der Waals surface area contributed by atoms with Crippen molar-refractivity contribution in [3.8, 4) is 0 Å². The molecule has 1 aliphatic carbocycles. The number of aryl methyl sites for hydroxylation is 1. The van der Waals surface area contributed by atoms with E-state index in [1.54, 1.807) is 0 Å². The van der Waals surface area contributed by atoms with E-state index in [9.17, 15) is 0 Å². The Balaban J connectivity index is 2.07. The highest BCUT2D eigenvalue weighted by Crippen LogP contribution is 2.39. The van der Waals surface area contributed by atoms with Gasteiger partial charge < -0.3 is 10.1 Å². The highest BCUT2D eigenvalue weighted by molar-refractivity contribution is 5.55. The van der Waals surface area contributed by atoms with Crippen molar-refractivity contribution in [1.82, 2.24) is 9.38 Å². The zero-order valence-corrected chi connectivity index (χ0v) is 10.5. The molecule has 0 aromatic carbocycles. The molecule has 1 saturated carbocycles. The molecule has 90 valence electrons. The van der Waals surface area contributed by atoms with Gasteiger partial charge in [0.1, 0.15) is 5.82 Å². The van der Waals surface area contributed by atoms with Crippen LogP contribution in [-0.4, -0.2) is 15.4 Å². The number of hydrogen-bond donors (Lipinski definition) is 1. The molecule has 1 atom stereocenters. The fourth-order valence-corrected chi connectivity index (χ4v) is 2.43. The van der Waals surface area contributed by atoms with Gasteiger partial charge in [0, 0.05) is 18.2 Å². The van der Waals surface area contributed by atoms with E-state index in [-0.39, 0.29) is 6.04 Å². The molecule has 2 heterocycles. The Morgan fingerprint density at radius 1 is 1.53 bits per heavy atom. The van der Waals surface area contributed by atoms with Crippen molar-refractivity contribution in [1.29, 1.82) is 0 Å². The summed E-state index contributed by atoms with van der Waals surface area (Å²) in [6.07, 6.45) is 5.67. The van der Waals surface area contributed by atoms with Crippen molar-refractivity contribution in [2.45, 2.75) is 45.1 Å². The average molecular weight is 229 g/mol. The summed E-state index contributed by atoms with van der Waals surface area (Å²) in [6, 6.07) is 4.62. The van der Waals surface area contributed by atoms with E-state index in [2.05, 4.69) is 29.7 Å². The van der Waals surface area contributed by atoms with Crippen LogP contribution in [-0.2, 0) is 6.42 Å². The second kappa shape index (κ2) is 3.84. The zero-order valence-electron chi connectivity index (χ0n) is 10.5. The molecule has 17 heavy (non-hydrogen) atoms. The molecule has 0 radical (unpaired) electrons. The van der Waals surface area contributed by atoms with Crippen LogP contribution >= 0.6 is 0 Å². The molecule has 2 aromatic rings. The van der Waals surface area contributed by atoms with Gasteiger partial charge in [0.15, 0.2) is 0 Å². The summed E-state index contributed by atoms with van der Waals surface area (Å²) >= 11 is 0. The largest absolute Gasteiger partial charge is 0.328 e. The van der Waals surface area contributed by atoms with Crippen LogP contribution in [0.2, 0.25) is 0 Å². The summed E-state index contributed by atoms with van der Waals surface area (Å²) in [5.74, 6) is 1.93. The minimum absolute atomic E-state index is 0.212. The summed E-state index contributed by atoms with van der Waals surface area (Å²) in [5.41, 5.74) is 9.53. The van der Waals surface area contributed by atoms with Crippen LogP contribution in [0.5, 0.6) is 0 Å². The molecule has 0 bridgehead atoms. The van der Waals surface area contributed by atoms with E-state index in [1.807, 2.05) is 6.92 Å². The number of aromatic nitrogens is 2. The van der Waals surface area contributed by atoms with Crippen molar-refractivity contribution in [3.05, 3.63) is 35.4 Å². The topological polar surface area (TPSA) is 43.3 Å². The zero-order chi connectivity index (χ0) is 12.0. The fourth-order valence-electron chi connectivity index (χ4n) is 2.43. The molecule has 3 heteroatoms. The summed E-state index contributed by atoms with van der Waals surface area (Å²) in [5, 5.41) is 0. The minimum Gasteiger partial charge on any atom is -0.328 e. The third-order valence-electron chi connectivity index (χ3n) is 3.42. The normalized spacial score (nSPS) is 17.6. The highest BCUT2D eigenvalue weighted by Gasteiger charge is 2.28. The van der Waals surface area contributed by atoms with Gasteiger partial charge in [-0.05, 0) is 50.8 Å². The number of nitrogens with zero attached hydrogens (tertiary/aromatic N) is 2. The Hall–Kier alpha value is -1.35. The van der Waals surface area contributed by atoms with Crippen LogP contribution in [0.1, 0.15) is 42.8 Å². The molecular formula is C14H19N3. The third kappa shape index (κ3) is 1.95. The fraction of sp³-hybridized carbons (Fsp3) is 0.500. The van der Waals surface area contributed by atoms with Gasteiger partial charge in [-0.2, -0.15) is 0 Å². The van der Waals surface area contributed by atoms with Gasteiger partial charge >= 0.3 is 0 Å². The first-order valence-electron chi connectivity index (χ1n) is 6.38. The number of imidazole rings is 1. The molecule has 3 nitrogen and oxygen atoms in total. The first-order valence-corrected chi connectivity index (χ1v) is 6.38. The van der Waals surface area contributed by atoms with E-state index in [4.69, 9.17) is 10.7 Å². The van der Waals surface area contributed by atoms with Gasteiger partial charge in [-0.1, -0.05) is 0 Å². The van der Waals surface area contributed by atoms with Crippen LogP contribution in [0.3, 0.4) is 0 Å². The molecule has 1 fully saturated rings. The lowest BCUT2D eigenvalue weighted by Crippen LogP contribution is -2.17. The summed E-state index contributed by atoms with van der Waals surface area (Å²) < 4.78 is 2.25. The van der Waals surface area contributed by atoms with Crippen LogP contribution in [0.4, 0.5) is 0 Å². The lowest BCUT2D eigenvalue weighted by atomic mass is 10.1. The van der Waals surface area contributed by atoms with Gasteiger partial charge in [-0.25, -0.2) is 4.98 Å². The van der Waals surface area contributed by atoms with Crippen LogP contribution in [0.25, 0.3) is 5.52 Å². The number of rotatable bonds is 3. The number of nitrogens with two attached hydrogens (primary N) is 1. The third-order valence-corrected chi connectivity index (χ3v) is 3.42. The van der Waals surface area contributed by atoms with Crippen LogP contribution in [0.15, 0.2) is 18.3 Å². The Bertz CT molecular complexity index is 550. The number of hydrogen-bond acceptors (Lipinski definition) is 2. The molecule has 0 spiro atoms. The first kappa shape index (κ1) is 10.8. The summed E-state index contributed by atoms with van der Waals surface area (Å²) in [6.45, 7) is 4.14. The highest BCUT2D eigenvalue weighted by atomic mass is 15.0. The number of fused-ring (bicyclic) bond motifs is 1. The molecule has 0 saturated heterocycles. The second-order valence-electron chi connectivity index (χ2n) is 5.30. The molecule has 2 aromatic heterocycles. The molecule has 2 N–H and O–H groups in total. The van der Waals surface area contributed by atoms with Crippen LogP contribution < -0.4 is 5.73 Å². The van der Waals surface area contributed by atoms with Crippen molar-refractivity contribution in [2.24, 2.45) is 5.73 Å². The second-order valence-corrected chi connectivity index (χ2v) is 5.30. The van der Waals surface area contributed by atoms with Crippen LogP contribution in [0, 0.1) is 6.92 Å². The lowest BCUT2D eigenvalue weighted by molar-refractivity contribution is 0.737. The van der Waals surface area contributed by atoms with Gasteiger partial charge in [0.2, 0.25) is 0 Å². The summed E-state index contributed by atoms with van der Waals surface area (Å²) in [4.78, 5) is 4.70. The van der Waals surface area contributed by atoms with E-state index in [1.165, 1.54) is 29.7 Å². The van der Waals surface area contributed by atoms with Crippen molar-refractivity contribution in [3.63, 3.8) is 0 Å². The first-order chi connectivity index (χ1) is 8.15. The Morgan fingerprint density at radius 2 is 2.29 bits per heavy atom. The van der Waals surface area contributed by atoms with E-state index >= 15 is 0 Å². The lowest BCUT2D eigenvalue weighted by Gasteiger charge is -2.06. The maximum absolute atomic E-state index is 5.85. The van der Waals surface area contributed by atoms with E-state index < -0.39 is 0 Å². The van der Waals surface area contributed by atoms with Gasteiger partial charge in [0.25, 0.3) is 0 Å². The Kier molecular flexibility index (Phi) is 2.44. The molecule has 3 rings (SSSR count). The van der Waals surface area contributed by atoms with Gasteiger partial charge in [-0.3, -0.25) is 0 Å². The monoisotopic (exact) mass is 229 g/mol. The molecule has 1 aliphatic rings. The van der Waals surface area contributed by atoms with E-state index in [0.717, 1.165) is 12.1 Å². The minimum atomic E-state index is 0.212. The standard InChI is InChI=1S/C14H19N3/c1-9(15)7-11-5-6-17-13(8-11)10(2)16-14(17)12-3-4-12/h5-6,8-9,12H,3-4,7,15H2,1-2H3. The van der Waals surface area contributed by atoms with Gasteiger partial charge in [-0.15, -0.1) is 0 Å². The van der Waals surface area contributed by atoms with Gasteiger partial charge in [0.05, 0.1) is 11.2 Å². The smallest absolute Gasteiger partial charge is 0.116 e. The maximum Gasteiger partial charge on any atom is 0.116 e. The maximum atomic E-state index is 5.85. The number of pyridine rings is 1. The predicted octanol–water partition coefficient (Wildman–Crippen LogP) is 2.41. The van der Waals surface area contributed by atoms with Crippen molar-refractivity contribution >= 4 is 5.52 Å². The molecular weight excluding hydrogens is 210 g/mol. The Labute approximate surface area is 102 Å².